The molecule has 6 nitrogen and oxygen atoms in total. The minimum absolute atomic E-state index is 0. The second kappa shape index (κ2) is 10.7. The highest BCUT2D eigenvalue weighted by Crippen LogP contribution is 2.23. The monoisotopic (exact) mass is 483 g/mol. The molecule has 2 heterocycles. The van der Waals surface area contributed by atoms with Crippen LogP contribution < -0.4 is 10.6 Å². The van der Waals surface area contributed by atoms with Gasteiger partial charge in [-0.05, 0) is 43.9 Å². The average Bonchev–Trinajstić information content (AvgIpc) is 3.31. The summed E-state index contributed by atoms with van der Waals surface area (Å²) in [6, 6.07) is 10.3. The Labute approximate surface area is 178 Å². The number of rotatable bonds is 7. The summed E-state index contributed by atoms with van der Waals surface area (Å²) >= 11 is 0. The van der Waals surface area contributed by atoms with Crippen molar-refractivity contribution in [3.05, 3.63) is 53.9 Å². The largest absolute Gasteiger partial charge is 0.373 e. The van der Waals surface area contributed by atoms with Gasteiger partial charge < -0.3 is 15.4 Å². The lowest BCUT2D eigenvalue weighted by Crippen LogP contribution is -2.45. The van der Waals surface area contributed by atoms with Gasteiger partial charge in [-0.3, -0.25) is 4.68 Å². The first-order valence-corrected chi connectivity index (χ1v) is 9.39. The van der Waals surface area contributed by atoms with E-state index in [1.54, 1.807) is 6.20 Å². The fourth-order valence-electron chi connectivity index (χ4n) is 3.19. The SMILES string of the molecule is CCNC(=NCc1ccccc1Cn1cccn1)NCC1(C)CCCO1.I. The van der Waals surface area contributed by atoms with Crippen LogP contribution in [0.3, 0.4) is 0 Å². The van der Waals surface area contributed by atoms with E-state index in [9.17, 15) is 0 Å². The van der Waals surface area contributed by atoms with Gasteiger partial charge in [0.2, 0.25) is 0 Å². The van der Waals surface area contributed by atoms with E-state index in [-0.39, 0.29) is 29.6 Å². The van der Waals surface area contributed by atoms with Gasteiger partial charge in [0.05, 0.1) is 18.7 Å². The van der Waals surface area contributed by atoms with Crippen molar-refractivity contribution in [2.75, 3.05) is 19.7 Å². The Morgan fingerprint density at radius 1 is 1.26 bits per heavy atom. The molecule has 27 heavy (non-hydrogen) atoms. The number of benzene rings is 1. The van der Waals surface area contributed by atoms with Crippen LogP contribution in [-0.4, -0.2) is 41.0 Å². The van der Waals surface area contributed by atoms with Crippen LogP contribution in [-0.2, 0) is 17.8 Å². The molecule has 7 heteroatoms. The van der Waals surface area contributed by atoms with E-state index in [2.05, 4.69) is 53.8 Å². The van der Waals surface area contributed by atoms with Gasteiger partial charge in [-0.25, -0.2) is 4.99 Å². The molecular formula is C20H30IN5O. The lowest BCUT2D eigenvalue weighted by Gasteiger charge is -2.24. The molecule has 1 fully saturated rings. The maximum Gasteiger partial charge on any atom is 0.191 e. The number of guanidine groups is 1. The Hall–Kier alpha value is -1.61. The number of ether oxygens (including phenoxy) is 1. The minimum atomic E-state index is -0.0891. The van der Waals surface area contributed by atoms with Gasteiger partial charge in [0.15, 0.2) is 5.96 Å². The van der Waals surface area contributed by atoms with Gasteiger partial charge in [0.1, 0.15) is 0 Å². The fraction of sp³-hybridized carbons (Fsp3) is 0.500. The lowest BCUT2D eigenvalue weighted by molar-refractivity contribution is 0.0243. The van der Waals surface area contributed by atoms with E-state index < -0.39 is 0 Å². The topological polar surface area (TPSA) is 63.5 Å². The zero-order valence-corrected chi connectivity index (χ0v) is 18.5. The molecule has 0 radical (unpaired) electrons. The van der Waals surface area contributed by atoms with Crippen LogP contribution in [0.1, 0.15) is 37.8 Å². The van der Waals surface area contributed by atoms with Gasteiger partial charge >= 0.3 is 0 Å². The van der Waals surface area contributed by atoms with Crippen LogP contribution in [0, 0.1) is 0 Å². The Bertz CT molecular complexity index is 711. The second-order valence-corrected chi connectivity index (χ2v) is 6.92. The molecule has 1 unspecified atom stereocenters. The Balaban J connectivity index is 0.00000261. The molecule has 2 aromatic rings. The summed E-state index contributed by atoms with van der Waals surface area (Å²) in [6.45, 7) is 8.09. The third kappa shape index (κ3) is 6.49. The van der Waals surface area contributed by atoms with Crippen LogP contribution in [0.15, 0.2) is 47.7 Å². The normalized spacial score (nSPS) is 19.6. The first-order valence-electron chi connectivity index (χ1n) is 9.39. The van der Waals surface area contributed by atoms with Crippen molar-refractivity contribution in [2.24, 2.45) is 4.99 Å². The molecular weight excluding hydrogens is 453 g/mol. The summed E-state index contributed by atoms with van der Waals surface area (Å²) in [5, 5.41) is 11.1. The predicted molar refractivity (Wildman–Crippen MR) is 120 cm³/mol. The number of nitrogens with one attached hydrogen (secondary N) is 2. The number of nitrogens with zero attached hydrogens (tertiary/aromatic N) is 3. The maximum absolute atomic E-state index is 5.85. The molecule has 2 N–H and O–H groups in total. The Morgan fingerprint density at radius 2 is 2.07 bits per heavy atom. The van der Waals surface area contributed by atoms with E-state index in [0.29, 0.717) is 6.54 Å². The quantitative estimate of drug-likeness (QED) is 0.361. The molecule has 0 bridgehead atoms. The van der Waals surface area contributed by atoms with Crippen molar-refractivity contribution in [3.8, 4) is 0 Å². The highest BCUT2D eigenvalue weighted by molar-refractivity contribution is 14.0. The summed E-state index contributed by atoms with van der Waals surface area (Å²) in [6.07, 6.45) is 6.01. The molecule has 0 amide bonds. The van der Waals surface area contributed by atoms with Crippen molar-refractivity contribution in [3.63, 3.8) is 0 Å². The zero-order valence-electron chi connectivity index (χ0n) is 16.1. The van der Waals surface area contributed by atoms with E-state index >= 15 is 0 Å². The minimum Gasteiger partial charge on any atom is -0.373 e. The molecule has 1 atom stereocenters. The third-order valence-electron chi connectivity index (χ3n) is 4.69. The summed E-state index contributed by atoms with van der Waals surface area (Å²) in [7, 11) is 0. The highest BCUT2D eigenvalue weighted by Gasteiger charge is 2.29. The molecule has 1 aliphatic heterocycles. The average molecular weight is 483 g/mol. The molecule has 1 saturated heterocycles. The van der Waals surface area contributed by atoms with Gasteiger partial charge in [0.25, 0.3) is 0 Å². The van der Waals surface area contributed by atoms with Gasteiger partial charge in [-0.2, -0.15) is 5.10 Å². The van der Waals surface area contributed by atoms with Gasteiger partial charge in [-0.15, -0.1) is 24.0 Å². The van der Waals surface area contributed by atoms with E-state index in [0.717, 1.165) is 45.0 Å². The van der Waals surface area contributed by atoms with Crippen molar-refractivity contribution < 1.29 is 4.74 Å². The third-order valence-corrected chi connectivity index (χ3v) is 4.69. The van der Waals surface area contributed by atoms with Gasteiger partial charge in [-0.1, -0.05) is 24.3 Å². The molecule has 0 aliphatic carbocycles. The second-order valence-electron chi connectivity index (χ2n) is 6.92. The molecule has 0 saturated carbocycles. The first kappa shape index (κ1) is 21.7. The summed E-state index contributed by atoms with van der Waals surface area (Å²) in [5.41, 5.74) is 2.36. The zero-order chi connectivity index (χ0) is 18.2. The Kier molecular flexibility index (Phi) is 8.56. The predicted octanol–water partition coefficient (Wildman–Crippen LogP) is 3.17. The molecule has 1 aliphatic rings. The van der Waals surface area contributed by atoms with Crippen LogP contribution >= 0.6 is 24.0 Å². The Morgan fingerprint density at radius 3 is 2.74 bits per heavy atom. The fourth-order valence-corrected chi connectivity index (χ4v) is 3.19. The van der Waals surface area contributed by atoms with Crippen LogP contribution in [0.2, 0.25) is 0 Å². The van der Waals surface area contributed by atoms with Crippen molar-refractivity contribution in [2.45, 2.75) is 45.4 Å². The number of hydrogen-bond acceptors (Lipinski definition) is 3. The number of aliphatic imine (C=N–C) groups is 1. The molecule has 1 aromatic carbocycles. The van der Waals surface area contributed by atoms with Crippen LogP contribution in [0.4, 0.5) is 0 Å². The number of halogens is 1. The van der Waals surface area contributed by atoms with Crippen molar-refractivity contribution >= 4 is 29.9 Å². The maximum atomic E-state index is 5.85. The summed E-state index contributed by atoms with van der Waals surface area (Å²) in [5.74, 6) is 0.832. The first-order chi connectivity index (χ1) is 12.7. The molecule has 1 aromatic heterocycles. The van der Waals surface area contributed by atoms with Crippen LogP contribution in [0.25, 0.3) is 0 Å². The molecule has 0 spiro atoms. The van der Waals surface area contributed by atoms with E-state index in [1.807, 2.05) is 16.9 Å². The lowest BCUT2D eigenvalue weighted by atomic mass is 10.0. The van der Waals surface area contributed by atoms with Gasteiger partial charge in [0, 0.05) is 32.1 Å². The smallest absolute Gasteiger partial charge is 0.191 e. The van der Waals surface area contributed by atoms with E-state index in [4.69, 9.17) is 9.73 Å². The highest BCUT2D eigenvalue weighted by atomic mass is 127. The van der Waals surface area contributed by atoms with E-state index in [1.165, 1.54) is 11.1 Å². The number of aromatic nitrogens is 2. The number of hydrogen-bond donors (Lipinski definition) is 2. The molecule has 3 rings (SSSR count). The standard InChI is InChI=1S/C20H29N5O.HI/c1-3-21-19(23-16-20(2)10-6-13-26-20)22-14-17-8-4-5-9-18(17)15-25-12-7-11-24-25;/h4-5,7-9,11-12H,3,6,10,13-16H2,1-2H3,(H2,21,22,23);1H. The summed E-state index contributed by atoms with van der Waals surface area (Å²) < 4.78 is 7.79. The summed E-state index contributed by atoms with van der Waals surface area (Å²) in [4.78, 5) is 4.77. The molecule has 148 valence electrons. The van der Waals surface area contributed by atoms with Crippen molar-refractivity contribution in [1.82, 2.24) is 20.4 Å². The van der Waals surface area contributed by atoms with Crippen LogP contribution in [0.5, 0.6) is 0 Å². The van der Waals surface area contributed by atoms with Crippen molar-refractivity contribution in [1.29, 1.82) is 0 Å².